The molecule has 0 aliphatic rings. The lowest BCUT2D eigenvalue weighted by Crippen LogP contribution is -2.17. The first-order chi connectivity index (χ1) is 6.66. The molecule has 2 atom stereocenters. The molecule has 0 saturated carbocycles. The third kappa shape index (κ3) is 2.75. The summed E-state index contributed by atoms with van der Waals surface area (Å²) in [5.41, 5.74) is 1.37. The SMILES string of the molecule is CCC(Cl)C(c1ccccc1)C(C)C. The molecule has 0 bridgehead atoms. The Balaban J connectivity index is 2.89. The smallest absolute Gasteiger partial charge is 0.0404 e. The van der Waals surface area contributed by atoms with Gasteiger partial charge < -0.3 is 0 Å². The van der Waals surface area contributed by atoms with Crippen molar-refractivity contribution < 1.29 is 0 Å². The van der Waals surface area contributed by atoms with Crippen LogP contribution in [0.3, 0.4) is 0 Å². The molecule has 14 heavy (non-hydrogen) atoms. The second-order valence-electron chi connectivity index (χ2n) is 4.10. The first-order valence-electron chi connectivity index (χ1n) is 5.35. The van der Waals surface area contributed by atoms with Crippen molar-refractivity contribution in [3.8, 4) is 0 Å². The summed E-state index contributed by atoms with van der Waals surface area (Å²) in [6, 6.07) is 10.6. The van der Waals surface area contributed by atoms with E-state index in [1.807, 2.05) is 0 Å². The Morgan fingerprint density at radius 1 is 1.14 bits per heavy atom. The molecule has 1 aromatic rings. The van der Waals surface area contributed by atoms with Crippen molar-refractivity contribution >= 4 is 11.6 Å². The number of benzene rings is 1. The van der Waals surface area contributed by atoms with Gasteiger partial charge in [0.1, 0.15) is 0 Å². The third-order valence-electron chi connectivity index (χ3n) is 2.68. The van der Waals surface area contributed by atoms with Crippen LogP contribution in [0.5, 0.6) is 0 Å². The summed E-state index contributed by atoms with van der Waals surface area (Å²) < 4.78 is 0. The van der Waals surface area contributed by atoms with E-state index in [2.05, 4.69) is 51.1 Å². The van der Waals surface area contributed by atoms with Crippen molar-refractivity contribution in [2.45, 2.75) is 38.5 Å². The van der Waals surface area contributed by atoms with Gasteiger partial charge in [-0.1, -0.05) is 51.1 Å². The van der Waals surface area contributed by atoms with Gasteiger partial charge in [0, 0.05) is 11.3 Å². The summed E-state index contributed by atoms with van der Waals surface area (Å²) >= 11 is 6.36. The van der Waals surface area contributed by atoms with E-state index in [1.54, 1.807) is 0 Å². The molecule has 2 unspecified atom stereocenters. The predicted octanol–water partition coefficient (Wildman–Crippen LogP) is 4.44. The molecule has 0 N–H and O–H groups in total. The van der Waals surface area contributed by atoms with Crippen LogP contribution in [0.1, 0.15) is 38.7 Å². The molecular weight excluding hydrogens is 192 g/mol. The van der Waals surface area contributed by atoms with Crippen molar-refractivity contribution in [3.63, 3.8) is 0 Å². The Morgan fingerprint density at radius 3 is 2.14 bits per heavy atom. The number of hydrogen-bond donors (Lipinski definition) is 0. The molecule has 0 nitrogen and oxygen atoms in total. The van der Waals surface area contributed by atoms with Crippen LogP contribution in [0.2, 0.25) is 0 Å². The first-order valence-corrected chi connectivity index (χ1v) is 5.79. The molecule has 1 heteroatoms. The summed E-state index contributed by atoms with van der Waals surface area (Å²) in [5.74, 6) is 1.07. The number of hydrogen-bond acceptors (Lipinski definition) is 0. The van der Waals surface area contributed by atoms with Crippen molar-refractivity contribution in [2.75, 3.05) is 0 Å². The Bertz CT molecular complexity index is 253. The number of rotatable bonds is 4. The lowest BCUT2D eigenvalue weighted by atomic mass is 9.85. The summed E-state index contributed by atoms with van der Waals surface area (Å²) in [7, 11) is 0. The summed E-state index contributed by atoms with van der Waals surface area (Å²) in [6.07, 6.45) is 1.03. The van der Waals surface area contributed by atoms with Crippen LogP contribution in [-0.4, -0.2) is 5.38 Å². The van der Waals surface area contributed by atoms with Gasteiger partial charge in [-0.3, -0.25) is 0 Å². The van der Waals surface area contributed by atoms with Gasteiger partial charge in [0.2, 0.25) is 0 Å². The highest BCUT2D eigenvalue weighted by molar-refractivity contribution is 6.21. The van der Waals surface area contributed by atoms with E-state index < -0.39 is 0 Å². The van der Waals surface area contributed by atoms with E-state index >= 15 is 0 Å². The molecule has 0 fully saturated rings. The third-order valence-corrected chi connectivity index (χ3v) is 3.26. The minimum Gasteiger partial charge on any atom is -0.122 e. The highest BCUT2D eigenvalue weighted by Gasteiger charge is 2.22. The Labute approximate surface area is 92.3 Å². The molecule has 78 valence electrons. The Kier molecular flexibility index (Phi) is 4.47. The van der Waals surface area contributed by atoms with Gasteiger partial charge in [-0.15, -0.1) is 11.6 Å². The predicted molar refractivity (Wildman–Crippen MR) is 64.0 cm³/mol. The van der Waals surface area contributed by atoms with Gasteiger partial charge in [-0.25, -0.2) is 0 Å². The van der Waals surface area contributed by atoms with Crippen molar-refractivity contribution in [1.82, 2.24) is 0 Å². The average Bonchev–Trinajstić information content (AvgIpc) is 2.19. The zero-order valence-corrected chi connectivity index (χ0v) is 9.96. The molecule has 0 spiro atoms. The molecule has 0 amide bonds. The van der Waals surface area contributed by atoms with Crippen LogP contribution in [0.4, 0.5) is 0 Å². The summed E-state index contributed by atoms with van der Waals surface area (Å²) in [6.45, 7) is 6.63. The Morgan fingerprint density at radius 2 is 1.71 bits per heavy atom. The first kappa shape index (κ1) is 11.6. The Hall–Kier alpha value is -0.490. The quantitative estimate of drug-likeness (QED) is 0.645. The monoisotopic (exact) mass is 210 g/mol. The topological polar surface area (TPSA) is 0 Å². The van der Waals surface area contributed by atoms with Crippen molar-refractivity contribution in [2.24, 2.45) is 5.92 Å². The minimum absolute atomic E-state index is 0.248. The molecule has 1 rings (SSSR count). The van der Waals surface area contributed by atoms with E-state index in [-0.39, 0.29) is 5.38 Å². The fourth-order valence-electron chi connectivity index (χ4n) is 1.94. The highest BCUT2D eigenvalue weighted by Crippen LogP contribution is 2.32. The lowest BCUT2D eigenvalue weighted by molar-refractivity contribution is 0.469. The van der Waals surface area contributed by atoms with Crippen LogP contribution in [0, 0.1) is 5.92 Å². The maximum atomic E-state index is 6.36. The normalized spacial score (nSPS) is 15.5. The van der Waals surface area contributed by atoms with Crippen LogP contribution in [0.25, 0.3) is 0 Å². The number of halogens is 1. The zero-order valence-electron chi connectivity index (χ0n) is 9.20. The van der Waals surface area contributed by atoms with Crippen LogP contribution in [0.15, 0.2) is 30.3 Å². The fraction of sp³-hybridized carbons (Fsp3) is 0.538. The maximum Gasteiger partial charge on any atom is 0.0404 e. The summed E-state index contributed by atoms with van der Waals surface area (Å²) in [5, 5.41) is 0.248. The van der Waals surface area contributed by atoms with Gasteiger partial charge in [0.25, 0.3) is 0 Å². The van der Waals surface area contributed by atoms with Crippen LogP contribution in [-0.2, 0) is 0 Å². The largest absolute Gasteiger partial charge is 0.122 e. The van der Waals surface area contributed by atoms with Gasteiger partial charge >= 0.3 is 0 Å². The van der Waals surface area contributed by atoms with E-state index in [1.165, 1.54) is 5.56 Å². The van der Waals surface area contributed by atoms with E-state index in [0.717, 1.165) is 6.42 Å². The minimum atomic E-state index is 0.248. The second-order valence-corrected chi connectivity index (χ2v) is 4.67. The van der Waals surface area contributed by atoms with Crippen LogP contribution < -0.4 is 0 Å². The zero-order chi connectivity index (χ0) is 10.6. The molecule has 0 saturated heterocycles. The van der Waals surface area contributed by atoms with Crippen molar-refractivity contribution in [3.05, 3.63) is 35.9 Å². The standard InChI is InChI=1S/C13H19Cl/c1-4-12(14)13(10(2)3)11-8-6-5-7-9-11/h5-10,12-13H,4H2,1-3H3. The van der Waals surface area contributed by atoms with Gasteiger partial charge in [-0.2, -0.15) is 0 Å². The second kappa shape index (κ2) is 5.41. The molecule has 0 aliphatic heterocycles. The highest BCUT2D eigenvalue weighted by atomic mass is 35.5. The lowest BCUT2D eigenvalue weighted by Gasteiger charge is -2.25. The molecule has 0 aromatic heterocycles. The van der Waals surface area contributed by atoms with Gasteiger partial charge in [0.05, 0.1) is 0 Å². The van der Waals surface area contributed by atoms with Crippen LogP contribution >= 0.6 is 11.6 Å². The average molecular weight is 211 g/mol. The summed E-state index contributed by atoms with van der Waals surface area (Å²) in [4.78, 5) is 0. The fourth-order valence-corrected chi connectivity index (χ4v) is 2.38. The molecular formula is C13H19Cl. The number of alkyl halides is 1. The molecule has 1 aromatic carbocycles. The van der Waals surface area contributed by atoms with Crippen molar-refractivity contribution in [1.29, 1.82) is 0 Å². The van der Waals surface area contributed by atoms with E-state index in [4.69, 9.17) is 11.6 Å². The molecule has 0 radical (unpaired) electrons. The molecule has 0 heterocycles. The maximum absolute atomic E-state index is 6.36. The van der Waals surface area contributed by atoms with E-state index in [0.29, 0.717) is 11.8 Å². The molecule has 0 aliphatic carbocycles. The van der Waals surface area contributed by atoms with E-state index in [9.17, 15) is 0 Å². The van der Waals surface area contributed by atoms with Gasteiger partial charge in [0.15, 0.2) is 0 Å². The van der Waals surface area contributed by atoms with Gasteiger partial charge in [-0.05, 0) is 17.9 Å².